The Morgan fingerprint density at radius 3 is 2.38 bits per heavy atom. The molecule has 0 unspecified atom stereocenters. The van der Waals surface area contributed by atoms with Gasteiger partial charge in [-0.2, -0.15) is 0 Å². The summed E-state index contributed by atoms with van der Waals surface area (Å²) in [5.74, 6) is 0.225. The van der Waals surface area contributed by atoms with Crippen molar-refractivity contribution in [2.75, 3.05) is 26.1 Å². The van der Waals surface area contributed by atoms with Gasteiger partial charge in [0.2, 0.25) is 0 Å². The van der Waals surface area contributed by atoms with Crippen LogP contribution in [0.25, 0.3) is 0 Å². The Bertz CT molecular complexity index is 752. The highest BCUT2D eigenvalue weighted by Gasteiger charge is 2.16. The van der Waals surface area contributed by atoms with Crippen LogP contribution in [0.3, 0.4) is 0 Å². The Morgan fingerprint density at radius 2 is 1.79 bits per heavy atom. The fourth-order valence-corrected chi connectivity index (χ4v) is 2.76. The van der Waals surface area contributed by atoms with E-state index in [-0.39, 0.29) is 11.7 Å². The van der Waals surface area contributed by atoms with Gasteiger partial charge in [-0.15, -0.1) is 0 Å². The smallest absolute Gasteiger partial charge is 0.256 e. The zero-order valence-electron chi connectivity index (χ0n) is 13.5. The van der Waals surface area contributed by atoms with Gasteiger partial charge in [-0.05, 0) is 53.8 Å². The number of amides is 1. The molecular formula is C17H17FINO4. The molecule has 0 bridgehead atoms. The van der Waals surface area contributed by atoms with Gasteiger partial charge in [0, 0.05) is 15.3 Å². The molecule has 0 saturated carbocycles. The van der Waals surface area contributed by atoms with E-state index >= 15 is 0 Å². The highest BCUT2D eigenvalue weighted by atomic mass is 127. The highest BCUT2D eigenvalue weighted by molar-refractivity contribution is 14.1. The minimum atomic E-state index is -0.531. The molecule has 0 aliphatic carbocycles. The first kappa shape index (κ1) is 18.3. The Labute approximate surface area is 153 Å². The molecule has 1 N–H and O–H groups in total. The monoisotopic (exact) mass is 445 g/mol. The summed E-state index contributed by atoms with van der Waals surface area (Å²) in [6.07, 6.45) is 0. The number of carbonyl (C=O) groups excluding carboxylic acids is 1. The molecule has 128 valence electrons. The summed E-state index contributed by atoms with van der Waals surface area (Å²) in [7, 11) is 3.02. The van der Waals surface area contributed by atoms with E-state index in [1.165, 1.54) is 26.4 Å². The van der Waals surface area contributed by atoms with Gasteiger partial charge in [0.05, 0.1) is 26.4 Å². The first-order chi connectivity index (χ1) is 11.5. The van der Waals surface area contributed by atoms with Crippen LogP contribution in [0, 0.1) is 9.39 Å². The lowest BCUT2D eigenvalue weighted by Crippen LogP contribution is -2.14. The minimum absolute atomic E-state index is 0.149. The van der Waals surface area contributed by atoms with Crippen LogP contribution in [0.2, 0.25) is 0 Å². The summed E-state index contributed by atoms with van der Waals surface area (Å²) >= 11 is 2.03. The molecule has 1 amide bonds. The summed E-state index contributed by atoms with van der Waals surface area (Å²) in [5, 5.41) is 2.66. The molecule has 5 nitrogen and oxygen atoms in total. The van der Waals surface area contributed by atoms with Crippen molar-refractivity contribution in [1.82, 2.24) is 0 Å². The number of nitrogens with one attached hydrogen (secondary N) is 1. The summed E-state index contributed by atoms with van der Waals surface area (Å²) in [6, 6.07) is 7.57. The average Bonchev–Trinajstić information content (AvgIpc) is 2.57. The largest absolute Gasteiger partial charge is 0.493 e. The van der Waals surface area contributed by atoms with Gasteiger partial charge in [-0.3, -0.25) is 4.79 Å². The van der Waals surface area contributed by atoms with Gasteiger partial charge in [0.1, 0.15) is 0 Å². The average molecular weight is 445 g/mol. The third-order valence-electron chi connectivity index (χ3n) is 3.21. The third kappa shape index (κ3) is 4.08. The predicted octanol–water partition coefficient (Wildman–Crippen LogP) is 4.10. The molecule has 2 rings (SSSR count). The number of carbonyl (C=O) groups is 1. The molecule has 0 aromatic heterocycles. The highest BCUT2D eigenvalue weighted by Crippen LogP contribution is 2.32. The summed E-state index contributed by atoms with van der Waals surface area (Å²) in [4.78, 5) is 12.5. The van der Waals surface area contributed by atoms with Crippen molar-refractivity contribution in [2.45, 2.75) is 6.92 Å². The maximum atomic E-state index is 13.9. The summed E-state index contributed by atoms with van der Waals surface area (Å²) in [6.45, 7) is 2.14. The maximum absolute atomic E-state index is 13.9. The van der Waals surface area contributed by atoms with Crippen molar-refractivity contribution >= 4 is 34.2 Å². The van der Waals surface area contributed by atoms with Crippen molar-refractivity contribution in [2.24, 2.45) is 0 Å². The topological polar surface area (TPSA) is 56.8 Å². The summed E-state index contributed by atoms with van der Waals surface area (Å²) in [5.41, 5.74) is 0.745. The van der Waals surface area contributed by atoms with Crippen LogP contribution in [0.5, 0.6) is 17.2 Å². The van der Waals surface area contributed by atoms with Gasteiger partial charge in [0.25, 0.3) is 5.91 Å². The van der Waals surface area contributed by atoms with Gasteiger partial charge >= 0.3 is 0 Å². The fraction of sp³-hybridized carbons (Fsp3) is 0.235. The van der Waals surface area contributed by atoms with Crippen molar-refractivity contribution < 1.29 is 23.4 Å². The lowest BCUT2D eigenvalue weighted by atomic mass is 10.1. The van der Waals surface area contributed by atoms with E-state index < -0.39 is 5.82 Å². The molecule has 7 heteroatoms. The van der Waals surface area contributed by atoms with Gasteiger partial charge in [-0.1, -0.05) is 0 Å². The van der Waals surface area contributed by atoms with Crippen LogP contribution in [0.4, 0.5) is 10.1 Å². The second-order valence-corrected chi connectivity index (χ2v) is 5.88. The lowest BCUT2D eigenvalue weighted by molar-refractivity contribution is 0.102. The molecule has 0 aliphatic heterocycles. The summed E-state index contributed by atoms with van der Waals surface area (Å²) < 4.78 is 30.1. The second kappa shape index (κ2) is 8.18. The van der Waals surface area contributed by atoms with Crippen LogP contribution in [-0.4, -0.2) is 26.7 Å². The van der Waals surface area contributed by atoms with E-state index in [0.717, 1.165) is 0 Å². The van der Waals surface area contributed by atoms with E-state index in [1.54, 1.807) is 25.1 Å². The minimum Gasteiger partial charge on any atom is -0.493 e. The molecule has 2 aromatic carbocycles. The van der Waals surface area contributed by atoms with Gasteiger partial charge in [0.15, 0.2) is 23.1 Å². The van der Waals surface area contributed by atoms with Crippen LogP contribution in [0.15, 0.2) is 30.3 Å². The maximum Gasteiger partial charge on any atom is 0.256 e. The Kier molecular flexibility index (Phi) is 6.24. The normalized spacial score (nSPS) is 10.2. The number of methoxy groups -OCH3 is 2. The zero-order valence-corrected chi connectivity index (χ0v) is 15.6. The predicted molar refractivity (Wildman–Crippen MR) is 97.8 cm³/mol. The van der Waals surface area contributed by atoms with Crippen molar-refractivity contribution in [3.8, 4) is 17.2 Å². The molecule has 2 aromatic rings. The number of rotatable bonds is 6. The Morgan fingerprint density at radius 1 is 1.12 bits per heavy atom. The number of benzene rings is 2. The number of anilines is 1. The SMILES string of the molecule is CCOc1ccc(NC(=O)c2cc(OC)c(OC)cc2I)cc1F. The quantitative estimate of drug-likeness (QED) is 0.681. The molecule has 0 aliphatic rings. The molecule has 0 saturated heterocycles. The zero-order chi connectivity index (χ0) is 17.7. The van der Waals surface area contributed by atoms with Gasteiger partial charge < -0.3 is 19.5 Å². The molecule has 0 heterocycles. The van der Waals surface area contributed by atoms with Crippen molar-refractivity contribution in [1.29, 1.82) is 0 Å². The van der Waals surface area contributed by atoms with E-state index in [2.05, 4.69) is 5.32 Å². The van der Waals surface area contributed by atoms with E-state index in [9.17, 15) is 9.18 Å². The number of hydrogen-bond donors (Lipinski definition) is 1. The Balaban J connectivity index is 2.25. The van der Waals surface area contributed by atoms with Crippen LogP contribution >= 0.6 is 22.6 Å². The van der Waals surface area contributed by atoms with Crippen molar-refractivity contribution in [3.05, 3.63) is 45.3 Å². The third-order valence-corrected chi connectivity index (χ3v) is 4.10. The first-order valence-corrected chi connectivity index (χ1v) is 8.23. The molecule has 0 radical (unpaired) electrons. The van der Waals surface area contributed by atoms with Gasteiger partial charge in [-0.25, -0.2) is 4.39 Å². The lowest BCUT2D eigenvalue weighted by Gasteiger charge is -2.12. The van der Waals surface area contributed by atoms with Crippen LogP contribution < -0.4 is 19.5 Å². The molecule has 0 atom stereocenters. The first-order valence-electron chi connectivity index (χ1n) is 7.15. The molecule has 0 fully saturated rings. The fourth-order valence-electron chi connectivity index (χ4n) is 2.08. The van der Waals surface area contributed by atoms with E-state index in [1.807, 2.05) is 22.6 Å². The standard InChI is InChI=1S/C17H17FINO4/c1-4-24-14-6-5-10(7-12(14)18)20-17(21)11-8-15(22-2)16(23-3)9-13(11)19/h5-9H,4H2,1-3H3,(H,20,21). The van der Waals surface area contributed by atoms with Crippen LogP contribution in [-0.2, 0) is 0 Å². The molecule has 0 spiro atoms. The van der Waals surface area contributed by atoms with E-state index in [0.29, 0.717) is 32.9 Å². The Hall–Kier alpha value is -2.03. The second-order valence-electron chi connectivity index (χ2n) is 4.72. The number of ether oxygens (including phenoxy) is 3. The van der Waals surface area contributed by atoms with E-state index in [4.69, 9.17) is 14.2 Å². The molecule has 24 heavy (non-hydrogen) atoms. The van der Waals surface area contributed by atoms with Crippen molar-refractivity contribution in [3.63, 3.8) is 0 Å². The number of halogens is 2. The van der Waals surface area contributed by atoms with Crippen LogP contribution in [0.1, 0.15) is 17.3 Å². The molecular weight excluding hydrogens is 428 g/mol. The number of hydrogen-bond acceptors (Lipinski definition) is 4.